The lowest BCUT2D eigenvalue weighted by molar-refractivity contribution is 0.247. The molecule has 3 aromatic carbocycles. The van der Waals surface area contributed by atoms with Gasteiger partial charge in [0.25, 0.3) is 0 Å². The zero-order valence-electron chi connectivity index (χ0n) is 19.0. The lowest BCUT2D eigenvalue weighted by Crippen LogP contribution is -2.46. The fourth-order valence-corrected chi connectivity index (χ4v) is 4.07. The maximum atomic E-state index is 6.00. The van der Waals surface area contributed by atoms with Crippen LogP contribution in [-0.2, 0) is 13.2 Å². The molecule has 5 heteroatoms. The van der Waals surface area contributed by atoms with Gasteiger partial charge in [0, 0.05) is 32.7 Å². The largest absolute Gasteiger partial charge is 0.493 e. The van der Waals surface area contributed by atoms with Crippen LogP contribution in [0.5, 0.6) is 17.2 Å². The van der Waals surface area contributed by atoms with Gasteiger partial charge in [-0.05, 0) is 42.3 Å². The SMILES string of the molecule is CCOc1ccccc1N1CCN(Cc2ccc(OCc3ccccc3)c(OC)c2)CC1. The first-order chi connectivity index (χ1) is 15.8. The Balaban J connectivity index is 1.34. The van der Waals surface area contributed by atoms with E-state index in [4.69, 9.17) is 14.2 Å². The van der Waals surface area contributed by atoms with Crippen LogP contribution in [0.4, 0.5) is 5.69 Å². The molecular weight excluding hydrogens is 400 g/mol. The summed E-state index contributed by atoms with van der Waals surface area (Å²) in [4.78, 5) is 4.90. The van der Waals surface area contributed by atoms with Crippen molar-refractivity contribution < 1.29 is 14.2 Å². The van der Waals surface area contributed by atoms with Gasteiger partial charge in [-0.3, -0.25) is 4.90 Å². The molecule has 32 heavy (non-hydrogen) atoms. The highest BCUT2D eigenvalue weighted by molar-refractivity contribution is 5.58. The first-order valence-corrected chi connectivity index (χ1v) is 11.3. The van der Waals surface area contributed by atoms with Crippen molar-refractivity contribution in [1.29, 1.82) is 0 Å². The molecule has 0 N–H and O–H groups in total. The standard InChI is InChI=1S/C27H32N2O3/c1-3-31-25-12-8-7-11-24(25)29-17-15-28(16-18-29)20-23-13-14-26(27(19-23)30-2)32-21-22-9-5-4-6-10-22/h4-14,19H,3,15-18,20-21H2,1-2H3. The highest BCUT2D eigenvalue weighted by Gasteiger charge is 2.20. The predicted molar refractivity (Wildman–Crippen MR) is 129 cm³/mol. The Kier molecular flexibility index (Phi) is 7.51. The number of methoxy groups -OCH3 is 1. The topological polar surface area (TPSA) is 34.2 Å². The molecule has 3 aromatic rings. The lowest BCUT2D eigenvalue weighted by atomic mass is 10.1. The van der Waals surface area contributed by atoms with E-state index in [0.29, 0.717) is 13.2 Å². The molecule has 4 rings (SSSR count). The van der Waals surface area contributed by atoms with Gasteiger partial charge in [-0.25, -0.2) is 0 Å². The monoisotopic (exact) mass is 432 g/mol. The van der Waals surface area contributed by atoms with Crippen LogP contribution in [0.3, 0.4) is 0 Å². The van der Waals surface area contributed by atoms with Crippen LogP contribution in [-0.4, -0.2) is 44.8 Å². The Bertz CT molecular complexity index is 985. The normalized spacial score (nSPS) is 14.2. The summed E-state index contributed by atoms with van der Waals surface area (Å²) >= 11 is 0. The van der Waals surface area contributed by atoms with Gasteiger partial charge in [0.1, 0.15) is 12.4 Å². The number of hydrogen-bond donors (Lipinski definition) is 0. The number of piperazine rings is 1. The van der Waals surface area contributed by atoms with E-state index in [1.165, 1.54) is 11.3 Å². The molecule has 0 unspecified atom stereocenters. The molecule has 0 radical (unpaired) electrons. The third-order valence-electron chi connectivity index (χ3n) is 5.75. The molecule has 1 saturated heterocycles. The molecule has 0 spiro atoms. The van der Waals surface area contributed by atoms with E-state index >= 15 is 0 Å². The summed E-state index contributed by atoms with van der Waals surface area (Å²) in [5.41, 5.74) is 3.56. The molecule has 168 valence electrons. The van der Waals surface area contributed by atoms with E-state index in [-0.39, 0.29) is 0 Å². The molecule has 0 amide bonds. The number of para-hydroxylation sites is 2. The molecule has 0 aromatic heterocycles. The summed E-state index contributed by atoms with van der Waals surface area (Å²) in [6.45, 7) is 8.13. The van der Waals surface area contributed by atoms with Crippen molar-refractivity contribution in [2.45, 2.75) is 20.1 Å². The average molecular weight is 433 g/mol. The molecule has 5 nitrogen and oxygen atoms in total. The molecule has 0 bridgehead atoms. The third kappa shape index (κ3) is 5.54. The van der Waals surface area contributed by atoms with Crippen molar-refractivity contribution in [1.82, 2.24) is 4.90 Å². The number of nitrogens with zero attached hydrogens (tertiary/aromatic N) is 2. The van der Waals surface area contributed by atoms with E-state index in [9.17, 15) is 0 Å². The second kappa shape index (κ2) is 10.9. The van der Waals surface area contributed by atoms with Crippen molar-refractivity contribution in [3.05, 3.63) is 83.9 Å². The summed E-state index contributed by atoms with van der Waals surface area (Å²) in [7, 11) is 1.70. The zero-order chi connectivity index (χ0) is 22.2. The van der Waals surface area contributed by atoms with Crippen LogP contribution in [0.1, 0.15) is 18.1 Å². The Hall–Kier alpha value is -3.18. The first kappa shape index (κ1) is 22.0. The summed E-state index contributed by atoms with van der Waals surface area (Å²) in [5, 5.41) is 0. The summed E-state index contributed by atoms with van der Waals surface area (Å²) in [6, 6.07) is 24.8. The van der Waals surface area contributed by atoms with Crippen molar-refractivity contribution in [3.63, 3.8) is 0 Å². The van der Waals surface area contributed by atoms with Crippen LogP contribution < -0.4 is 19.1 Å². The van der Waals surface area contributed by atoms with Crippen molar-refractivity contribution in [3.8, 4) is 17.2 Å². The van der Waals surface area contributed by atoms with E-state index in [1.807, 2.05) is 37.3 Å². The van der Waals surface area contributed by atoms with Gasteiger partial charge < -0.3 is 19.1 Å². The Morgan fingerprint density at radius 1 is 0.719 bits per heavy atom. The van der Waals surface area contributed by atoms with E-state index in [1.54, 1.807) is 7.11 Å². The Morgan fingerprint density at radius 2 is 1.47 bits per heavy atom. The van der Waals surface area contributed by atoms with Crippen molar-refractivity contribution >= 4 is 5.69 Å². The summed E-state index contributed by atoms with van der Waals surface area (Å²) in [6.07, 6.45) is 0. The maximum Gasteiger partial charge on any atom is 0.161 e. The molecule has 1 heterocycles. The molecule has 1 aliphatic heterocycles. The van der Waals surface area contributed by atoms with Gasteiger partial charge in [0.15, 0.2) is 11.5 Å². The molecule has 0 aliphatic carbocycles. The highest BCUT2D eigenvalue weighted by Crippen LogP contribution is 2.31. The van der Waals surface area contributed by atoms with Gasteiger partial charge in [0.2, 0.25) is 0 Å². The van der Waals surface area contributed by atoms with Gasteiger partial charge in [0.05, 0.1) is 19.4 Å². The Morgan fingerprint density at radius 3 is 2.22 bits per heavy atom. The molecule has 0 atom stereocenters. The number of benzene rings is 3. The minimum atomic E-state index is 0.529. The number of ether oxygens (including phenoxy) is 3. The fourth-order valence-electron chi connectivity index (χ4n) is 4.07. The average Bonchev–Trinajstić information content (AvgIpc) is 2.85. The van der Waals surface area contributed by atoms with Gasteiger partial charge in [-0.1, -0.05) is 48.5 Å². The molecule has 1 fully saturated rings. The quantitative estimate of drug-likeness (QED) is 0.476. The van der Waals surface area contributed by atoms with E-state index in [0.717, 1.165) is 55.5 Å². The van der Waals surface area contributed by atoms with Gasteiger partial charge >= 0.3 is 0 Å². The van der Waals surface area contributed by atoms with Crippen LogP contribution in [0.2, 0.25) is 0 Å². The number of rotatable bonds is 9. The third-order valence-corrected chi connectivity index (χ3v) is 5.75. The molecule has 0 saturated carbocycles. The molecule has 1 aliphatic rings. The van der Waals surface area contributed by atoms with E-state index in [2.05, 4.69) is 52.3 Å². The number of anilines is 1. The summed E-state index contributed by atoms with van der Waals surface area (Å²) in [5.74, 6) is 2.53. The minimum Gasteiger partial charge on any atom is -0.493 e. The lowest BCUT2D eigenvalue weighted by Gasteiger charge is -2.36. The number of hydrogen-bond acceptors (Lipinski definition) is 5. The fraction of sp³-hybridized carbons (Fsp3) is 0.333. The first-order valence-electron chi connectivity index (χ1n) is 11.3. The second-order valence-corrected chi connectivity index (χ2v) is 7.92. The van der Waals surface area contributed by atoms with Crippen molar-refractivity contribution in [2.24, 2.45) is 0 Å². The molecular formula is C27H32N2O3. The van der Waals surface area contributed by atoms with Crippen LogP contribution in [0.25, 0.3) is 0 Å². The smallest absolute Gasteiger partial charge is 0.161 e. The van der Waals surface area contributed by atoms with Crippen LogP contribution in [0.15, 0.2) is 72.8 Å². The Labute approximate surface area is 191 Å². The van der Waals surface area contributed by atoms with Gasteiger partial charge in [-0.15, -0.1) is 0 Å². The predicted octanol–water partition coefficient (Wildman–Crippen LogP) is 5.00. The van der Waals surface area contributed by atoms with E-state index < -0.39 is 0 Å². The highest BCUT2D eigenvalue weighted by atomic mass is 16.5. The van der Waals surface area contributed by atoms with Crippen LogP contribution >= 0.6 is 0 Å². The van der Waals surface area contributed by atoms with Crippen LogP contribution in [0, 0.1) is 0 Å². The maximum absolute atomic E-state index is 6.00. The second-order valence-electron chi connectivity index (χ2n) is 7.92. The zero-order valence-corrected chi connectivity index (χ0v) is 19.0. The van der Waals surface area contributed by atoms with Gasteiger partial charge in [-0.2, -0.15) is 0 Å². The van der Waals surface area contributed by atoms with Crippen molar-refractivity contribution in [2.75, 3.05) is 44.8 Å². The minimum absolute atomic E-state index is 0.529. The summed E-state index contributed by atoms with van der Waals surface area (Å²) < 4.78 is 17.4.